The Morgan fingerprint density at radius 2 is 1.95 bits per heavy atom. The molecule has 0 fully saturated rings. The van der Waals surface area contributed by atoms with Gasteiger partial charge in [-0.25, -0.2) is 0 Å². The second-order valence-corrected chi connectivity index (χ2v) is 5.26. The van der Waals surface area contributed by atoms with E-state index in [1.807, 2.05) is 0 Å². The van der Waals surface area contributed by atoms with Crippen LogP contribution in [0.15, 0.2) is 18.2 Å². The summed E-state index contributed by atoms with van der Waals surface area (Å²) in [5, 5.41) is 12.5. The van der Waals surface area contributed by atoms with E-state index in [0.717, 1.165) is 0 Å². The van der Waals surface area contributed by atoms with Gasteiger partial charge in [0.1, 0.15) is 5.75 Å². The van der Waals surface area contributed by atoms with Gasteiger partial charge in [0.25, 0.3) is 5.91 Å². The van der Waals surface area contributed by atoms with E-state index in [0.29, 0.717) is 29.2 Å². The van der Waals surface area contributed by atoms with E-state index in [4.69, 9.17) is 16.3 Å². The molecule has 21 heavy (non-hydrogen) atoms. The SMILES string of the molecule is CCC(CC)(CNC(=O)c1ccc(Cl)cc1OC)C(=O)O. The third-order valence-electron chi connectivity index (χ3n) is 3.80. The number of nitrogens with one attached hydrogen (secondary N) is 1. The number of carboxylic acids is 1. The van der Waals surface area contributed by atoms with Crippen LogP contribution in [0.2, 0.25) is 5.02 Å². The summed E-state index contributed by atoms with van der Waals surface area (Å²) in [7, 11) is 1.45. The molecule has 0 spiro atoms. The zero-order valence-electron chi connectivity index (χ0n) is 12.4. The molecular weight excluding hydrogens is 294 g/mol. The van der Waals surface area contributed by atoms with Crippen molar-refractivity contribution in [3.8, 4) is 5.75 Å². The molecule has 2 N–H and O–H groups in total. The van der Waals surface area contributed by atoms with Crippen molar-refractivity contribution in [2.45, 2.75) is 26.7 Å². The van der Waals surface area contributed by atoms with E-state index in [9.17, 15) is 14.7 Å². The smallest absolute Gasteiger partial charge is 0.311 e. The molecule has 0 bridgehead atoms. The zero-order chi connectivity index (χ0) is 16.0. The minimum absolute atomic E-state index is 0.0694. The number of hydrogen-bond acceptors (Lipinski definition) is 3. The topological polar surface area (TPSA) is 75.6 Å². The van der Waals surface area contributed by atoms with E-state index < -0.39 is 11.4 Å². The Bertz CT molecular complexity index is 526. The number of carbonyl (C=O) groups excluding carboxylic acids is 1. The fourth-order valence-electron chi connectivity index (χ4n) is 2.08. The van der Waals surface area contributed by atoms with Gasteiger partial charge in [0.05, 0.1) is 18.1 Å². The first-order valence-electron chi connectivity index (χ1n) is 6.75. The van der Waals surface area contributed by atoms with Crippen LogP contribution in [0.1, 0.15) is 37.0 Å². The normalized spacial score (nSPS) is 11.0. The van der Waals surface area contributed by atoms with Crippen LogP contribution >= 0.6 is 11.6 Å². The number of benzene rings is 1. The highest BCUT2D eigenvalue weighted by Gasteiger charge is 2.35. The molecule has 0 saturated heterocycles. The standard InChI is InChI=1S/C15H20ClNO4/c1-4-15(5-2,14(19)20)9-17-13(18)11-7-6-10(16)8-12(11)21-3/h6-8H,4-5,9H2,1-3H3,(H,17,18)(H,19,20). The number of halogens is 1. The average Bonchev–Trinajstić information content (AvgIpc) is 2.48. The van der Waals surface area contributed by atoms with Gasteiger partial charge in [0.15, 0.2) is 0 Å². The molecule has 0 atom stereocenters. The molecule has 0 aliphatic carbocycles. The average molecular weight is 314 g/mol. The van der Waals surface area contributed by atoms with Crippen LogP contribution in [0.25, 0.3) is 0 Å². The maximum absolute atomic E-state index is 12.2. The Balaban J connectivity index is 2.89. The van der Waals surface area contributed by atoms with Crippen LogP contribution in [0.4, 0.5) is 0 Å². The lowest BCUT2D eigenvalue weighted by Crippen LogP contribution is -2.42. The summed E-state index contributed by atoms with van der Waals surface area (Å²) in [6, 6.07) is 4.68. The molecular formula is C15H20ClNO4. The molecule has 0 saturated carbocycles. The van der Waals surface area contributed by atoms with Crippen molar-refractivity contribution in [1.29, 1.82) is 0 Å². The quantitative estimate of drug-likeness (QED) is 0.811. The molecule has 0 radical (unpaired) electrons. The maximum atomic E-state index is 12.2. The minimum Gasteiger partial charge on any atom is -0.496 e. The number of ether oxygens (including phenoxy) is 1. The predicted molar refractivity (Wildman–Crippen MR) is 81.0 cm³/mol. The fraction of sp³-hybridized carbons (Fsp3) is 0.467. The molecule has 0 unspecified atom stereocenters. The van der Waals surface area contributed by atoms with Gasteiger partial charge in [-0.3, -0.25) is 9.59 Å². The number of carbonyl (C=O) groups is 2. The van der Waals surface area contributed by atoms with Gasteiger partial charge in [0.2, 0.25) is 0 Å². The Hall–Kier alpha value is -1.75. The molecule has 1 rings (SSSR count). The van der Waals surface area contributed by atoms with Crippen LogP contribution in [-0.2, 0) is 4.79 Å². The van der Waals surface area contributed by atoms with Crippen LogP contribution in [0, 0.1) is 5.41 Å². The number of aliphatic carboxylic acids is 1. The van der Waals surface area contributed by atoms with Crippen molar-refractivity contribution in [2.75, 3.05) is 13.7 Å². The summed E-state index contributed by atoms with van der Waals surface area (Å²) in [5.41, 5.74) is -0.622. The van der Waals surface area contributed by atoms with Crippen molar-refractivity contribution in [1.82, 2.24) is 5.32 Å². The molecule has 1 aromatic carbocycles. The summed E-state index contributed by atoms with van der Waals surface area (Å²) >= 11 is 5.85. The molecule has 0 aliphatic rings. The highest BCUT2D eigenvalue weighted by atomic mass is 35.5. The van der Waals surface area contributed by atoms with Crippen LogP contribution < -0.4 is 10.1 Å². The van der Waals surface area contributed by atoms with E-state index in [1.165, 1.54) is 7.11 Å². The van der Waals surface area contributed by atoms with Gasteiger partial charge in [0, 0.05) is 11.6 Å². The van der Waals surface area contributed by atoms with Gasteiger partial charge in [-0.1, -0.05) is 25.4 Å². The van der Waals surface area contributed by atoms with Gasteiger partial charge in [-0.05, 0) is 31.0 Å². The summed E-state index contributed by atoms with van der Waals surface area (Å²) in [4.78, 5) is 23.6. The summed E-state index contributed by atoms with van der Waals surface area (Å²) in [5.74, 6) is -0.930. The van der Waals surface area contributed by atoms with Crippen molar-refractivity contribution < 1.29 is 19.4 Å². The van der Waals surface area contributed by atoms with E-state index in [-0.39, 0.29) is 12.5 Å². The molecule has 1 amide bonds. The minimum atomic E-state index is -0.949. The van der Waals surface area contributed by atoms with Gasteiger partial charge < -0.3 is 15.2 Å². The van der Waals surface area contributed by atoms with E-state index >= 15 is 0 Å². The molecule has 0 aromatic heterocycles. The van der Waals surface area contributed by atoms with Crippen molar-refractivity contribution in [3.05, 3.63) is 28.8 Å². The number of carboxylic acid groups (broad SMARTS) is 1. The van der Waals surface area contributed by atoms with E-state index in [2.05, 4.69) is 5.32 Å². The van der Waals surface area contributed by atoms with Crippen LogP contribution in [-0.4, -0.2) is 30.6 Å². The first kappa shape index (κ1) is 17.3. The molecule has 5 nitrogen and oxygen atoms in total. The second kappa shape index (κ2) is 7.31. The highest BCUT2D eigenvalue weighted by molar-refractivity contribution is 6.30. The molecule has 0 heterocycles. The molecule has 1 aromatic rings. The third-order valence-corrected chi connectivity index (χ3v) is 4.04. The maximum Gasteiger partial charge on any atom is 0.311 e. The van der Waals surface area contributed by atoms with Gasteiger partial charge in [-0.2, -0.15) is 0 Å². The number of amides is 1. The Morgan fingerprint density at radius 3 is 2.43 bits per heavy atom. The van der Waals surface area contributed by atoms with E-state index in [1.54, 1.807) is 32.0 Å². The largest absolute Gasteiger partial charge is 0.496 e. The first-order valence-corrected chi connectivity index (χ1v) is 7.13. The summed E-state index contributed by atoms with van der Waals surface area (Å²) < 4.78 is 5.12. The lowest BCUT2D eigenvalue weighted by Gasteiger charge is -2.27. The van der Waals surface area contributed by atoms with Crippen molar-refractivity contribution in [3.63, 3.8) is 0 Å². The molecule has 0 aliphatic heterocycles. The molecule has 6 heteroatoms. The lowest BCUT2D eigenvalue weighted by atomic mass is 9.82. The van der Waals surface area contributed by atoms with Gasteiger partial charge in [-0.15, -0.1) is 0 Å². The number of rotatable bonds is 7. The zero-order valence-corrected chi connectivity index (χ0v) is 13.2. The Morgan fingerprint density at radius 1 is 1.33 bits per heavy atom. The van der Waals surface area contributed by atoms with Gasteiger partial charge >= 0.3 is 5.97 Å². The number of hydrogen-bond donors (Lipinski definition) is 2. The lowest BCUT2D eigenvalue weighted by molar-refractivity contribution is -0.149. The molecule has 116 valence electrons. The Kier molecular flexibility index (Phi) is 6.03. The van der Waals surface area contributed by atoms with Crippen LogP contribution in [0.3, 0.4) is 0 Å². The predicted octanol–water partition coefficient (Wildman–Crippen LogP) is 2.97. The van der Waals surface area contributed by atoms with Crippen molar-refractivity contribution in [2.24, 2.45) is 5.41 Å². The number of methoxy groups -OCH3 is 1. The summed E-state index contributed by atoms with van der Waals surface area (Å²) in [6.07, 6.45) is 0.883. The van der Waals surface area contributed by atoms with Crippen molar-refractivity contribution >= 4 is 23.5 Å². The first-order chi connectivity index (χ1) is 9.90. The van der Waals surface area contributed by atoms with Crippen LogP contribution in [0.5, 0.6) is 5.75 Å². The summed E-state index contributed by atoms with van der Waals surface area (Å²) in [6.45, 7) is 3.67. The Labute approximate surface area is 129 Å². The second-order valence-electron chi connectivity index (χ2n) is 4.82. The highest BCUT2D eigenvalue weighted by Crippen LogP contribution is 2.27. The third kappa shape index (κ3) is 3.88. The monoisotopic (exact) mass is 313 g/mol. The fourth-order valence-corrected chi connectivity index (χ4v) is 2.24.